The molecule has 0 bridgehead atoms. The Balaban J connectivity index is 1.51. The average molecular weight is 513 g/mol. The summed E-state index contributed by atoms with van der Waals surface area (Å²) in [5.41, 5.74) is 10.5. The molecule has 4 heteroatoms. The number of nitrogens with zero attached hydrogens (tertiary/aromatic N) is 4. The monoisotopic (exact) mass is 512 g/mol. The molecule has 188 valence electrons. The van der Waals surface area contributed by atoms with Crippen molar-refractivity contribution in [3.63, 3.8) is 0 Å². The van der Waals surface area contributed by atoms with Crippen molar-refractivity contribution in [2.24, 2.45) is 0 Å². The van der Waals surface area contributed by atoms with Gasteiger partial charge < -0.3 is 0 Å². The van der Waals surface area contributed by atoms with Crippen LogP contribution in [-0.4, -0.2) is 19.9 Å². The van der Waals surface area contributed by atoms with Crippen LogP contribution in [0, 0.1) is 0 Å². The van der Waals surface area contributed by atoms with Crippen molar-refractivity contribution in [3.05, 3.63) is 146 Å². The van der Waals surface area contributed by atoms with Crippen molar-refractivity contribution in [2.75, 3.05) is 0 Å². The first-order valence-electron chi connectivity index (χ1n) is 13.2. The smallest absolute Gasteiger partial charge is 0.0980 e. The summed E-state index contributed by atoms with van der Waals surface area (Å²) in [4.78, 5) is 19.7. The molecule has 0 aliphatic rings. The van der Waals surface area contributed by atoms with Crippen molar-refractivity contribution < 1.29 is 0 Å². The summed E-state index contributed by atoms with van der Waals surface area (Å²) in [6.45, 7) is 0. The summed E-state index contributed by atoms with van der Waals surface area (Å²) < 4.78 is 0. The van der Waals surface area contributed by atoms with E-state index in [1.807, 2.05) is 79.1 Å². The highest BCUT2D eigenvalue weighted by molar-refractivity contribution is 5.98. The minimum absolute atomic E-state index is 0.825. The van der Waals surface area contributed by atoms with Crippen molar-refractivity contribution in [3.8, 4) is 56.2 Å². The van der Waals surface area contributed by atoms with Crippen LogP contribution in [0.2, 0.25) is 0 Å². The Kier molecular flexibility index (Phi) is 6.11. The van der Waals surface area contributed by atoms with Gasteiger partial charge in [-0.2, -0.15) is 0 Å². The van der Waals surface area contributed by atoms with Gasteiger partial charge in [0.2, 0.25) is 0 Å². The van der Waals surface area contributed by atoms with E-state index in [-0.39, 0.29) is 0 Å². The third kappa shape index (κ3) is 4.42. The van der Waals surface area contributed by atoms with Gasteiger partial charge in [0.1, 0.15) is 0 Å². The van der Waals surface area contributed by atoms with Crippen LogP contribution in [-0.2, 0) is 0 Å². The lowest BCUT2D eigenvalue weighted by Gasteiger charge is -2.17. The van der Waals surface area contributed by atoms with Crippen LogP contribution >= 0.6 is 0 Å². The molecule has 7 aromatic rings. The summed E-state index contributed by atoms with van der Waals surface area (Å²) in [5.74, 6) is 0. The minimum atomic E-state index is 0.825. The molecule has 4 aromatic carbocycles. The number of aromatic nitrogens is 4. The number of hydrogen-bond acceptors (Lipinski definition) is 4. The van der Waals surface area contributed by atoms with Crippen molar-refractivity contribution in [1.29, 1.82) is 0 Å². The van der Waals surface area contributed by atoms with Gasteiger partial charge in [-0.1, -0.05) is 109 Å². The molecular weight excluding hydrogens is 488 g/mol. The van der Waals surface area contributed by atoms with Gasteiger partial charge in [0.15, 0.2) is 0 Å². The Hall–Kier alpha value is -5.48. The number of rotatable bonds is 5. The molecule has 3 heterocycles. The number of para-hydroxylation sites is 1. The highest BCUT2D eigenvalue weighted by Crippen LogP contribution is 2.39. The highest BCUT2D eigenvalue weighted by atomic mass is 14.9. The largest absolute Gasteiger partial charge is 0.264 e. The van der Waals surface area contributed by atoms with E-state index in [4.69, 9.17) is 9.97 Å². The molecule has 0 aliphatic carbocycles. The predicted molar refractivity (Wildman–Crippen MR) is 162 cm³/mol. The van der Waals surface area contributed by atoms with E-state index >= 15 is 0 Å². The maximum Gasteiger partial charge on any atom is 0.0980 e. The Morgan fingerprint density at radius 3 is 1.60 bits per heavy atom. The van der Waals surface area contributed by atoms with Gasteiger partial charge in [0.25, 0.3) is 0 Å². The van der Waals surface area contributed by atoms with Gasteiger partial charge >= 0.3 is 0 Å². The summed E-state index contributed by atoms with van der Waals surface area (Å²) >= 11 is 0. The molecule has 3 aromatic heterocycles. The fourth-order valence-electron chi connectivity index (χ4n) is 5.08. The molecule has 40 heavy (non-hydrogen) atoms. The number of fused-ring (bicyclic) bond motifs is 1. The van der Waals surface area contributed by atoms with E-state index in [0.717, 1.165) is 67.1 Å². The Morgan fingerprint density at radius 2 is 0.925 bits per heavy atom. The second-order valence-electron chi connectivity index (χ2n) is 9.54. The van der Waals surface area contributed by atoms with Crippen LogP contribution in [0.1, 0.15) is 0 Å². The maximum atomic E-state index is 5.40. The van der Waals surface area contributed by atoms with Crippen molar-refractivity contribution in [2.45, 2.75) is 0 Å². The standard InChI is InChI=1S/C36H24N4/c1-3-10-26(11-4-1)33-34(27-12-5-2-6-13-27)40-36(31-21-23-38-32-16-8-7-15-30(31)32)35(39-33)28-19-17-25(18-20-28)29-14-9-22-37-24-29/h1-24H. The van der Waals surface area contributed by atoms with Crippen LogP contribution in [0.3, 0.4) is 0 Å². The third-order valence-corrected chi connectivity index (χ3v) is 7.05. The fourth-order valence-corrected chi connectivity index (χ4v) is 5.08. The molecule has 0 radical (unpaired) electrons. The van der Waals surface area contributed by atoms with E-state index in [2.05, 4.69) is 70.6 Å². The van der Waals surface area contributed by atoms with Gasteiger partial charge in [-0.05, 0) is 29.3 Å². The van der Waals surface area contributed by atoms with Crippen LogP contribution in [0.15, 0.2) is 146 Å². The molecule has 0 saturated heterocycles. The molecule has 0 N–H and O–H groups in total. The predicted octanol–water partition coefficient (Wildman–Crippen LogP) is 8.75. The topological polar surface area (TPSA) is 51.6 Å². The Labute approximate surface area is 232 Å². The fraction of sp³-hybridized carbons (Fsp3) is 0. The van der Waals surface area contributed by atoms with E-state index in [1.54, 1.807) is 6.20 Å². The average Bonchev–Trinajstić information content (AvgIpc) is 3.05. The summed E-state index contributed by atoms with van der Waals surface area (Å²) in [6, 6.07) is 43.3. The van der Waals surface area contributed by atoms with Crippen LogP contribution < -0.4 is 0 Å². The van der Waals surface area contributed by atoms with Crippen LogP contribution in [0.4, 0.5) is 0 Å². The number of pyridine rings is 2. The second-order valence-corrected chi connectivity index (χ2v) is 9.54. The molecule has 0 spiro atoms. The molecular formula is C36H24N4. The zero-order valence-electron chi connectivity index (χ0n) is 21.6. The van der Waals surface area contributed by atoms with E-state index in [1.165, 1.54) is 0 Å². The lowest BCUT2D eigenvalue weighted by atomic mass is 9.97. The number of benzene rings is 4. The van der Waals surface area contributed by atoms with Crippen LogP contribution in [0.5, 0.6) is 0 Å². The van der Waals surface area contributed by atoms with E-state index < -0.39 is 0 Å². The third-order valence-electron chi connectivity index (χ3n) is 7.05. The van der Waals surface area contributed by atoms with Crippen molar-refractivity contribution >= 4 is 10.9 Å². The SMILES string of the molecule is c1ccc(-c2nc(-c3ccc(-c4cccnc4)cc3)c(-c3ccnc4ccccc34)nc2-c2ccccc2)cc1. The molecule has 0 fully saturated rings. The van der Waals surface area contributed by atoms with Gasteiger partial charge in [-0.15, -0.1) is 0 Å². The number of hydrogen-bond donors (Lipinski definition) is 0. The Bertz CT molecular complexity index is 1910. The lowest BCUT2D eigenvalue weighted by Crippen LogP contribution is -2.01. The van der Waals surface area contributed by atoms with Gasteiger partial charge in [0, 0.05) is 46.2 Å². The first-order chi connectivity index (χ1) is 19.8. The molecule has 0 atom stereocenters. The molecule has 4 nitrogen and oxygen atoms in total. The molecule has 0 amide bonds. The molecule has 0 unspecified atom stereocenters. The zero-order chi connectivity index (χ0) is 26.7. The van der Waals surface area contributed by atoms with Crippen LogP contribution in [0.25, 0.3) is 67.1 Å². The summed E-state index contributed by atoms with van der Waals surface area (Å²) in [7, 11) is 0. The normalized spacial score (nSPS) is 11.0. The van der Waals surface area contributed by atoms with E-state index in [9.17, 15) is 0 Å². The van der Waals surface area contributed by atoms with Crippen molar-refractivity contribution in [1.82, 2.24) is 19.9 Å². The first-order valence-corrected chi connectivity index (χ1v) is 13.2. The molecule has 0 saturated carbocycles. The van der Waals surface area contributed by atoms with Gasteiger partial charge in [0.05, 0.1) is 28.3 Å². The zero-order valence-corrected chi connectivity index (χ0v) is 21.6. The molecule has 7 rings (SSSR count). The molecule has 0 aliphatic heterocycles. The van der Waals surface area contributed by atoms with E-state index in [0.29, 0.717) is 0 Å². The lowest BCUT2D eigenvalue weighted by molar-refractivity contribution is 1.21. The quantitative estimate of drug-likeness (QED) is 0.231. The highest BCUT2D eigenvalue weighted by Gasteiger charge is 2.20. The Morgan fingerprint density at radius 1 is 0.375 bits per heavy atom. The summed E-state index contributed by atoms with van der Waals surface area (Å²) in [6.07, 6.45) is 5.52. The summed E-state index contributed by atoms with van der Waals surface area (Å²) in [5, 5.41) is 1.04. The minimum Gasteiger partial charge on any atom is -0.264 e. The first kappa shape index (κ1) is 23.6. The second kappa shape index (κ2) is 10.4. The van der Waals surface area contributed by atoms with Gasteiger partial charge in [-0.25, -0.2) is 9.97 Å². The maximum absolute atomic E-state index is 5.40. The van der Waals surface area contributed by atoms with Gasteiger partial charge in [-0.3, -0.25) is 9.97 Å².